The molecular weight excluding hydrogens is 353 g/mol. The second-order valence-electron chi connectivity index (χ2n) is 5.12. The molecule has 1 aliphatic heterocycles. The van der Waals surface area contributed by atoms with Crippen molar-refractivity contribution < 1.29 is 28.6 Å². The van der Waals surface area contributed by atoms with Crippen LogP contribution in [-0.2, 0) is 18.6 Å². The van der Waals surface area contributed by atoms with Crippen LogP contribution >= 0.6 is 8.25 Å². The van der Waals surface area contributed by atoms with Gasteiger partial charge in [0.15, 0.2) is 23.8 Å². The third-order valence-electron chi connectivity index (χ3n) is 3.70. The Labute approximate surface area is 142 Å². The number of nitrogens with two attached hydrogens (primary N) is 1. The third kappa shape index (κ3) is 3.32. The monoisotopic (exact) mass is 368 g/mol. The molecule has 2 aromatic rings. The van der Waals surface area contributed by atoms with Crippen molar-refractivity contribution in [2.45, 2.75) is 24.5 Å². The summed E-state index contributed by atoms with van der Waals surface area (Å²) in [5.74, 6) is 2.50. The number of nitrogen functional groups attached to an aromatic ring is 1. The van der Waals surface area contributed by atoms with Gasteiger partial charge in [0.1, 0.15) is 30.7 Å². The predicted molar refractivity (Wildman–Crippen MR) is 84.0 cm³/mol. The van der Waals surface area contributed by atoms with Gasteiger partial charge in [0.25, 0.3) is 0 Å². The molecule has 0 radical (unpaired) electrons. The van der Waals surface area contributed by atoms with Gasteiger partial charge in [-0.1, -0.05) is 5.92 Å². The van der Waals surface area contributed by atoms with Crippen LogP contribution in [0.1, 0.15) is 6.23 Å². The van der Waals surface area contributed by atoms with E-state index in [0.29, 0.717) is 11.2 Å². The van der Waals surface area contributed by atoms with Gasteiger partial charge in [0.2, 0.25) is 0 Å². The number of anilines is 1. The van der Waals surface area contributed by atoms with E-state index in [9.17, 15) is 9.67 Å². The number of aliphatic hydroxyl groups excluding tert-OH is 1. The summed E-state index contributed by atoms with van der Waals surface area (Å²) in [6, 6.07) is 0. The highest BCUT2D eigenvalue weighted by Gasteiger charge is 2.51. The van der Waals surface area contributed by atoms with Gasteiger partial charge >= 0.3 is 8.25 Å². The van der Waals surface area contributed by atoms with E-state index in [2.05, 4.69) is 20.9 Å². The SMILES string of the molecule is C#CCOC1C(O[P+](=O)O)C(CO)OC1n1cnc2c(N)ncnc21. The fraction of sp³-hybridized carbons (Fsp3) is 0.462. The molecule has 0 aromatic carbocycles. The van der Waals surface area contributed by atoms with Gasteiger partial charge in [0, 0.05) is 4.57 Å². The van der Waals surface area contributed by atoms with Gasteiger partial charge in [-0.25, -0.2) is 15.0 Å². The molecule has 25 heavy (non-hydrogen) atoms. The molecule has 1 aliphatic rings. The van der Waals surface area contributed by atoms with Crippen LogP contribution < -0.4 is 5.73 Å². The summed E-state index contributed by atoms with van der Waals surface area (Å²) >= 11 is 0. The first-order valence-electron chi connectivity index (χ1n) is 7.14. The molecule has 0 amide bonds. The molecule has 0 saturated carbocycles. The summed E-state index contributed by atoms with van der Waals surface area (Å²) in [5.41, 5.74) is 6.50. The molecule has 5 unspecified atom stereocenters. The summed E-state index contributed by atoms with van der Waals surface area (Å²) in [5, 5.41) is 9.52. The number of terminal acetylenes is 1. The van der Waals surface area contributed by atoms with Crippen LogP contribution in [0.25, 0.3) is 11.2 Å². The Morgan fingerprint density at radius 1 is 1.44 bits per heavy atom. The average molecular weight is 368 g/mol. The van der Waals surface area contributed by atoms with Crippen LogP contribution in [0.3, 0.4) is 0 Å². The van der Waals surface area contributed by atoms with E-state index in [4.69, 9.17) is 31.0 Å². The molecule has 2 aromatic heterocycles. The molecule has 132 valence electrons. The van der Waals surface area contributed by atoms with Crippen LogP contribution in [0.5, 0.6) is 0 Å². The zero-order valence-electron chi connectivity index (χ0n) is 12.8. The average Bonchev–Trinajstić information content (AvgIpc) is 3.15. The second-order valence-corrected chi connectivity index (χ2v) is 5.80. The third-order valence-corrected chi connectivity index (χ3v) is 4.12. The molecule has 1 saturated heterocycles. The zero-order chi connectivity index (χ0) is 18.0. The first-order chi connectivity index (χ1) is 12.1. The van der Waals surface area contributed by atoms with E-state index in [-0.39, 0.29) is 12.4 Å². The molecule has 4 N–H and O–H groups in total. The quantitative estimate of drug-likeness (QED) is 0.442. The lowest BCUT2D eigenvalue weighted by Crippen LogP contribution is -2.36. The van der Waals surface area contributed by atoms with Crippen LogP contribution in [0.15, 0.2) is 12.7 Å². The number of rotatable bonds is 6. The summed E-state index contributed by atoms with van der Waals surface area (Å²) < 4.78 is 28.9. The van der Waals surface area contributed by atoms with E-state index in [1.165, 1.54) is 17.2 Å². The summed E-state index contributed by atoms with van der Waals surface area (Å²) in [7, 11) is -2.94. The van der Waals surface area contributed by atoms with Gasteiger partial charge in [-0.05, 0) is 0 Å². The second kappa shape index (κ2) is 7.37. The molecule has 3 rings (SSSR count). The molecule has 0 bridgehead atoms. The maximum Gasteiger partial charge on any atom is 0.695 e. The Bertz CT molecular complexity index is 823. The lowest BCUT2D eigenvalue weighted by atomic mass is 10.1. The van der Waals surface area contributed by atoms with Crippen molar-refractivity contribution in [2.75, 3.05) is 18.9 Å². The van der Waals surface area contributed by atoms with Crippen molar-refractivity contribution in [2.24, 2.45) is 0 Å². The Kier molecular flexibility index (Phi) is 5.19. The van der Waals surface area contributed by atoms with E-state index < -0.39 is 39.4 Å². The highest BCUT2D eigenvalue weighted by atomic mass is 31.1. The molecular formula is C13H15N5O6P+. The highest BCUT2D eigenvalue weighted by molar-refractivity contribution is 7.32. The van der Waals surface area contributed by atoms with Crippen molar-refractivity contribution >= 4 is 25.2 Å². The Balaban J connectivity index is 2.01. The van der Waals surface area contributed by atoms with Crippen LogP contribution in [-0.4, -0.2) is 61.0 Å². The number of hydrogen-bond donors (Lipinski definition) is 3. The van der Waals surface area contributed by atoms with Gasteiger partial charge in [-0.15, -0.1) is 15.8 Å². The van der Waals surface area contributed by atoms with Crippen molar-refractivity contribution in [1.29, 1.82) is 0 Å². The minimum atomic E-state index is -2.94. The number of imidazole rings is 1. The summed E-state index contributed by atoms with van der Waals surface area (Å²) in [6.07, 6.45) is 4.25. The lowest BCUT2D eigenvalue weighted by molar-refractivity contribution is -0.0635. The van der Waals surface area contributed by atoms with E-state index in [1.54, 1.807) is 0 Å². The molecule has 11 nitrogen and oxygen atoms in total. The molecule has 12 heteroatoms. The smallest absolute Gasteiger partial charge is 0.394 e. The molecule has 5 atom stereocenters. The maximum atomic E-state index is 11.1. The van der Waals surface area contributed by atoms with Gasteiger partial charge in [0.05, 0.1) is 12.9 Å². The summed E-state index contributed by atoms with van der Waals surface area (Å²) in [4.78, 5) is 21.2. The summed E-state index contributed by atoms with van der Waals surface area (Å²) in [6.45, 7) is -0.543. The van der Waals surface area contributed by atoms with Crippen molar-refractivity contribution in [3.63, 3.8) is 0 Å². The fourth-order valence-electron chi connectivity index (χ4n) is 2.69. The fourth-order valence-corrected chi connectivity index (χ4v) is 3.15. The molecule has 0 aliphatic carbocycles. The van der Waals surface area contributed by atoms with Gasteiger partial charge < -0.3 is 20.3 Å². The number of fused-ring (bicyclic) bond motifs is 1. The number of ether oxygens (including phenoxy) is 2. The Hall–Kier alpha value is -2.19. The maximum absolute atomic E-state index is 11.1. The van der Waals surface area contributed by atoms with Gasteiger partial charge in [-0.3, -0.25) is 4.57 Å². The standard InChI is InChI=1S/C13H14N5O6P/c1-2-3-22-10-9(24-25(20)21)7(4-19)23-13(10)18-6-17-8-11(14)15-5-16-12(8)18/h1,5-7,9-10,13,19H,3-4H2,(H2-,14,15,16,20,21)/p+1. The molecule has 0 spiro atoms. The van der Waals surface area contributed by atoms with Crippen LogP contribution in [0, 0.1) is 12.3 Å². The largest absolute Gasteiger partial charge is 0.695 e. The molecule has 1 fully saturated rings. The zero-order valence-corrected chi connectivity index (χ0v) is 13.7. The minimum absolute atomic E-state index is 0.0888. The lowest BCUT2D eigenvalue weighted by Gasteiger charge is -2.20. The number of aromatic nitrogens is 4. The van der Waals surface area contributed by atoms with E-state index in [0.717, 1.165) is 0 Å². The van der Waals surface area contributed by atoms with Crippen molar-refractivity contribution in [1.82, 2.24) is 19.5 Å². The topological polar surface area (TPSA) is 155 Å². The van der Waals surface area contributed by atoms with Crippen molar-refractivity contribution in [3.05, 3.63) is 12.7 Å². The minimum Gasteiger partial charge on any atom is -0.394 e. The van der Waals surface area contributed by atoms with Crippen LogP contribution in [0.2, 0.25) is 0 Å². The van der Waals surface area contributed by atoms with Crippen molar-refractivity contribution in [3.8, 4) is 12.3 Å². The normalized spacial score (nSPS) is 26.7. The Morgan fingerprint density at radius 2 is 2.24 bits per heavy atom. The number of hydrogen-bond acceptors (Lipinski definition) is 9. The number of aliphatic hydroxyl groups is 1. The predicted octanol–water partition coefficient (Wildman–Crippen LogP) is -0.649. The molecule has 3 heterocycles. The van der Waals surface area contributed by atoms with E-state index in [1.807, 2.05) is 0 Å². The van der Waals surface area contributed by atoms with Gasteiger partial charge in [-0.2, -0.15) is 0 Å². The Morgan fingerprint density at radius 3 is 2.92 bits per heavy atom. The first-order valence-corrected chi connectivity index (χ1v) is 8.27. The van der Waals surface area contributed by atoms with Crippen LogP contribution in [0.4, 0.5) is 5.82 Å². The highest BCUT2D eigenvalue weighted by Crippen LogP contribution is 2.38. The number of nitrogens with zero attached hydrogens (tertiary/aromatic N) is 4. The first kappa shape index (κ1) is 17.6. The van der Waals surface area contributed by atoms with E-state index >= 15 is 0 Å².